The molecule has 0 aromatic carbocycles. The number of hydrogen-bond donors (Lipinski definition) is 1. The summed E-state index contributed by atoms with van der Waals surface area (Å²) in [4.78, 5) is 3.07. The van der Waals surface area contributed by atoms with Crippen molar-refractivity contribution in [3.8, 4) is 0 Å². The number of nitrogens with two attached hydrogens (primary N) is 1. The monoisotopic (exact) mass is 190 g/mol. The lowest BCUT2D eigenvalue weighted by Gasteiger charge is -2.19. The van der Waals surface area contributed by atoms with Crippen molar-refractivity contribution in [2.75, 3.05) is 19.2 Å². The average Bonchev–Trinajstić information content (AvgIpc) is 2.49. The predicted octanol–water partition coefficient (Wildman–Crippen LogP) is 1.43. The highest BCUT2D eigenvalue weighted by Gasteiger charge is 2.22. The van der Waals surface area contributed by atoms with E-state index < -0.39 is 61.9 Å². The van der Waals surface area contributed by atoms with Gasteiger partial charge in [0.25, 0.3) is 0 Å². The van der Waals surface area contributed by atoms with Crippen LogP contribution in [0.25, 0.3) is 0 Å². The molecule has 1 aliphatic heterocycles. The molecule has 70 valence electrons. The predicted molar refractivity (Wildman–Crippen MR) is 53.3 cm³/mol. The van der Waals surface area contributed by atoms with Crippen LogP contribution in [0.15, 0.2) is 18.3 Å². The quantitative estimate of drug-likeness (QED) is 0.728. The third-order valence-electron chi connectivity index (χ3n) is 1.41. The molecule has 1 aromatic rings. The van der Waals surface area contributed by atoms with Crippen molar-refractivity contribution in [1.29, 1.82) is 0 Å². The second-order valence-corrected chi connectivity index (χ2v) is 2.28. The van der Waals surface area contributed by atoms with E-state index in [9.17, 15) is 0 Å². The summed E-state index contributed by atoms with van der Waals surface area (Å²) in [6, 6.07) is -5.20. The van der Waals surface area contributed by atoms with Crippen molar-refractivity contribution >= 4 is 5.82 Å². The van der Waals surface area contributed by atoms with Crippen LogP contribution in [-0.2, 0) is 0 Å². The van der Waals surface area contributed by atoms with Gasteiger partial charge in [0.2, 0.25) is 0 Å². The molecule has 1 saturated heterocycles. The number of anilines is 1. The largest absolute Gasteiger partial charge is 0.384 e. The van der Waals surface area contributed by atoms with E-state index >= 15 is 0 Å². The lowest BCUT2D eigenvalue weighted by molar-refractivity contribution is 0.317. The maximum atomic E-state index is 8.50. The van der Waals surface area contributed by atoms with Crippen molar-refractivity contribution < 1.29 is 17.8 Å². The maximum absolute atomic E-state index is 8.50. The minimum Gasteiger partial charge on any atom is -0.384 e. The highest BCUT2D eigenvalue weighted by Crippen LogP contribution is 2.29. The van der Waals surface area contributed by atoms with Crippen LogP contribution < -0.4 is 5.73 Å². The summed E-state index contributed by atoms with van der Waals surface area (Å²) >= 11 is 0. The normalized spacial score (nSPS) is 56.5. The molecule has 0 amide bonds. The number of pyridine rings is 1. The fraction of sp³-hybridized carbons (Fsp3) is 0.500. The fourth-order valence-corrected chi connectivity index (χ4v) is 0.840. The number of likely N-dealkylation sites (tertiary alicyclic amines) is 1. The van der Waals surface area contributed by atoms with Crippen molar-refractivity contribution in [3.05, 3.63) is 23.8 Å². The second-order valence-electron chi connectivity index (χ2n) is 2.28. The first kappa shape index (κ1) is 2.11. The molecule has 2 N–H and O–H groups in total. The summed E-state index contributed by atoms with van der Waals surface area (Å²) < 4.78 is 102. The number of hydrogen-bond acceptors (Lipinski definition) is 3. The average molecular weight is 190 g/mol. The van der Waals surface area contributed by atoms with Crippen molar-refractivity contribution in [3.63, 3.8) is 0 Å². The minimum absolute atomic E-state index is 0.324. The smallest absolute Gasteiger partial charge is 0.123 e. The van der Waals surface area contributed by atoms with Gasteiger partial charge in [-0.25, -0.2) is 4.98 Å². The van der Waals surface area contributed by atoms with Crippen LogP contribution in [0.5, 0.6) is 0 Å². The number of nitrogens with zero attached hydrogens (tertiary/aromatic N) is 2. The molecular formula is C10H15N3. The molecule has 0 bridgehead atoms. The zero-order chi connectivity index (χ0) is 20.7. The van der Waals surface area contributed by atoms with E-state index in [0.717, 1.165) is 0 Å². The van der Waals surface area contributed by atoms with E-state index in [1.165, 1.54) is 0 Å². The number of nitrogen functional groups attached to an aromatic ring is 1. The third-order valence-corrected chi connectivity index (χ3v) is 1.41. The van der Waals surface area contributed by atoms with Crippen LogP contribution in [0.4, 0.5) is 5.82 Å². The Labute approximate surface area is 96.8 Å². The van der Waals surface area contributed by atoms with Crippen LogP contribution in [0.1, 0.15) is 42.1 Å². The number of aromatic nitrogens is 1. The Balaban J connectivity index is 3.03. The van der Waals surface area contributed by atoms with Gasteiger partial charge in [-0.2, -0.15) is 0 Å². The fourth-order valence-electron chi connectivity index (χ4n) is 0.840. The van der Waals surface area contributed by atoms with Crippen LogP contribution in [0.3, 0.4) is 0 Å². The van der Waals surface area contributed by atoms with Crippen LogP contribution in [0.2, 0.25) is 0 Å². The standard InChI is InChI=1S/C10H15N3/c1-13-6-2-3-9(13)8-4-5-10(11)12-7-8/h4-5,7,9H,2-3,6H2,1H3,(H2,11,12)/i1D3,2D2,3D2,4D,5D,6D2,7D,9D. The molecule has 0 spiro atoms. The summed E-state index contributed by atoms with van der Waals surface area (Å²) in [5, 5.41) is 0. The second kappa shape index (κ2) is 3.34. The Morgan fingerprint density at radius 3 is 3.69 bits per heavy atom. The van der Waals surface area contributed by atoms with E-state index in [2.05, 4.69) is 4.98 Å². The summed E-state index contributed by atoms with van der Waals surface area (Å²) in [6.45, 7) is -7.02. The summed E-state index contributed by atoms with van der Waals surface area (Å²) in [7, 11) is 0. The Bertz CT molecular complexity index is 758. The molecule has 0 aliphatic carbocycles. The molecule has 13 heavy (non-hydrogen) atoms. The first-order chi connectivity index (χ1) is 11.4. The topological polar surface area (TPSA) is 42.1 Å². The Morgan fingerprint density at radius 1 is 1.92 bits per heavy atom. The van der Waals surface area contributed by atoms with Crippen LogP contribution in [-0.4, -0.2) is 23.4 Å². The van der Waals surface area contributed by atoms with Gasteiger partial charge >= 0.3 is 0 Å². The first-order valence-corrected chi connectivity index (χ1v) is 3.41. The lowest BCUT2D eigenvalue weighted by Crippen LogP contribution is -2.17. The highest BCUT2D eigenvalue weighted by atomic mass is 15.1. The van der Waals surface area contributed by atoms with Crippen molar-refractivity contribution in [2.45, 2.75) is 18.8 Å². The van der Waals surface area contributed by atoms with Gasteiger partial charge < -0.3 is 5.73 Å². The summed E-state index contributed by atoms with van der Waals surface area (Å²) in [5.41, 5.74) is 4.31. The molecule has 1 fully saturated rings. The Hall–Kier alpha value is -1.09. The highest BCUT2D eigenvalue weighted by molar-refractivity contribution is 5.30. The molecular weight excluding hydrogens is 162 g/mol. The minimum atomic E-state index is -3.53. The SMILES string of the molecule is [2H]c1nc(N)c([2H])c([2H])c1C1([2H])N(C([2H])([2H])[2H])C([2H])([2H])C([2H])([2H])C1([2H])[2H]. The Morgan fingerprint density at radius 2 is 2.85 bits per heavy atom. The molecule has 3 nitrogen and oxygen atoms in total. The van der Waals surface area contributed by atoms with Crippen molar-refractivity contribution in [2.24, 2.45) is 0 Å². The van der Waals surface area contributed by atoms with Gasteiger partial charge in [-0.15, -0.1) is 0 Å². The van der Waals surface area contributed by atoms with Gasteiger partial charge in [0.15, 0.2) is 0 Å². The van der Waals surface area contributed by atoms with Crippen LogP contribution in [0, 0.1) is 0 Å². The van der Waals surface area contributed by atoms with E-state index in [1.54, 1.807) is 0 Å². The zero-order valence-corrected chi connectivity index (χ0v) is 6.47. The third kappa shape index (κ3) is 1.65. The van der Waals surface area contributed by atoms with Crippen LogP contribution >= 0.6 is 0 Å². The molecule has 1 unspecified atom stereocenters. The first-order valence-electron chi connectivity index (χ1n) is 9.91. The van der Waals surface area contributed by atoms with E-state index in [-0.39, 0.29) is 4.90 Å². The molecule has 2 heterocycles. The number of rotatable bonds is 1. The molecule has 0 radical (unpaired) electrons. The molecule has 0 saturated carbocycles. The van der Waals surface area contributed by atoms with Gasteiger partial charge in [-0.05, 0) is 37.8 Å². The molecule has 1 aromatic heterocycles. The van der Waals surface area contributed by atoms with E-state index in [0.29, 0.717) is 0 Å². The Kier molecular flexibility index (Phi) is 0.543. The molecule has 1 aliphatic rings. The van der Waals surface area contributed by atoms with E-state index in [4.69, 9.17) is 23.6 Å². The van der Waals surface area contributed by atoms with E-state index in [1.807, 2.05) is 0 Å². The molecule has 1 atom stereocenters. The van der Waals surface area contributed by atoms with Gasteiger partial charge in [-0.1, -0.05) is 6.04 Å². The van der Waals surface area contributed by atoms with Gasteiger partial charge in [0.05, 0.1) is 5.48 Å². The van der Waals surface area contributed by atoms with Crippen molar-refractivity contribution in [1.82, 2.24) is 9.88 Å². The zero-order valence-electron chi connectivity index (χ0n) is 19.5. The molecule has 3 heteroatoms. The lowest BCUT2D eigenvalue weighted by atomic mass is 10.1. The maximum Gasteiger partial charge on any atom is 0.123 e. The van der Waals surface area contributed by atoms with Gasteiger partial charge in [0.1, 0.15) is 5.82 Å². The summed E-state index contributed by atoms with van der Waals surface area (Å²) in [5.74, 6) is -0.586. The van der Waals surface area contributed by atoms with Gasteiger partial charge in [0, 0.05) is 24.5 Å². The molecule has 2 rings (SSSR count). The summed E-state index contributed by atoms with van der Waals surface area (Å²) in [6.07, 6.45) is -8.06. The van der Waals surface area contributed by atoms with Gasteiger partial charge in [-0.3, -0.25) is 4.90 Å².